The molecule has 2 aromatic carbocycles. The lowest BCUT2D eigenvalue weighted by molar-refractivity contribution is -0.113. The number of methoxy groups -OCH3 is 2. The minimum absolute atomic E-state index is 0.122. The van der Waals surface area contributed by atoms with Crippen LogP contribution in [0.2, 0.25) is 0 Å². The van der Waals surface area contributed by atoms with E-state index in [9.17, 15) is 4.79 Å². The number of carbonyl (C=O) groups is 1. The van der Waals surface area contributed by atoms with Gasteiger partial charge in [-0.05, 0) is 17.5 Å². The zero-order valence-electron chi connectivity index (χ0n) is 13.4. The van der Waals surface area contributed by atoms with Gasteiger partial charge in [0.05, 0.1) is 19.9 Å². The van der Waals surface area contributed by atoms with E-state index in [1.807, 2.05) is 30.3 Å². The van der Waals surface area contributed by atoms with E-state index in [4.69, 9.17) is 9.47 Å². The maximum atomic E-state index is 12.3. The third kappa shape index (κ3) is 4.79. The first-order chi connectivity index (χ1) is 11.1. The number of hydrogen-bond donors (Lipinski definition) is 0. The average Bonchev–Trinajstić information content (AvgIpc) is 2.61. The summed E-state index contributed by atoms with van der Waals surface area (Å²) in [6, 6.07) is 15.2. The molecule has 0 heterocycles. The largest absolute Gasteiger partial charge is 0.497 e. The molecule has 23 heavy (non-hydrogen) atoms. The van der Waals surface area contributed by atoms with Crippen LogP contribution in [0.1, 0.15) is 0 Å². The molecule has 0 bridgehead atoms. The Bertz CT molecular complexity index is 664. The van der Waals surface area contributed by atoms with Crippen LogP contribution in [0, 0.1) is 0 Å². The number of benzene rings is 2. The van der Waals surface area contributed by atoms with Gasteiger partial charge in [-0.25, -0.2) is 0 Å². The molecule has 0 aliphatic rings. The number of amides is 1. The van der Waals surface area contributed by atoms with Crippen LogP contribution < -0.4 is 14.4 Å². The fraction of sp³-hybridized carbons (Fsp3) is 0.167. The van der Waals surface area contributed by atoms with Gasteiger partial charge < -0.3 is 14.4 Å². The number of thioether (sulfide) groups is 1. The van der Waals surface area contributed by atoms with Crippen molar-refractivity contribution in [3.63, 3.8) is 0 Å². The summed E-state index contributed by atoms with van der Waals surface area (Å²) in [6.07, 6.45) is 1.55. The molecular weight excluding hydrogens is 310 g/mol. The van der Waals surface area contributed by atoms with Gasteiger partial charge in [-0.3, -0.25) is 4.79 Å². The Kier molecular flexibility index (Phi) is 6.11. The second kappa shape index (κ2) is 8.29. The molecule has 0 unspecified atom stereocenters. The highest BCUT2D eigenvalue weighted by atomic mass is 32.2. The van der Waals surface area contributed by atoms with E-state index in [1.54, 1.807) is 55.9 Å². The summed E-state index contributed by atoms with van der Waals surface area (Å²) in [5.74, 6) is 1.16. The molecule has 0 fully saturated rings. The fourth-order valence-corrected chi connectivity index (χ4v) is 2.55. The van der Waals surface area contributed by atoms with Crippen LogP contribution in [0.3, 0.4) is 0 Å². The number of anilines is 1. The zero-order valence-corrected chi connectivity index (χ0v) is 14.2. The van der Waals surface area contributed by atoms with Gasteiger partial charge in [0.15, 0.2) is 0 Å². The minimum atomic E-state index is -0.122. The Balaban J connectivity index is 2.07. The Morgan fingerprint density at radius 3 is 2.22 bits per heavy atom. The summed E-state index contributed by atoms with van der Waals surface area (Å²) >= 11 is 1.50. The number of rotatable bonds is 6. The quantitative estimate of drug-likeness (QED) is 0.594. The first-order valence-corrected chi connectivity index (χ1v) is 7.91. The van der Waals surface area contributed by atoms with Crippen molar-refractivity contribution in [1.82, 2.24) is 0 Å². The van der Waals surface area contributed by atoms with E-state index >= 15 is 0 Å². The van der Waals surface area contributed by atoms with Crippen molar-refractivity contribution in [2.75, 3.05) is 26.2 Å². The van der Waals surface area contributed by atoms with E-state index in [-0.39, 0.29) is 5.91 Å². The smallest absolute Gasteiger partial charge is 0.251 e. The van der Waals surface area contributed by atoms with Gasteiger partial charge >= 0.3 is 0 Å². The van der Waals surface area contributed by atoms with Crippen LogP contribution in [0.5, 0.6) is 11.5 Å². The van der Waals surface area contributed by atoms with E-state index < -0.39 is 0 Å². The van der Waals surface area contributed by atoms with Gasteiger partial charge in [0.1, 0.15) is 11.5 Å². The maximum absolute atomic E-state index is 12.3. The molecule has 5 heteroatoms. The number of ether oxygens (including phenoxy) is 2. The highest BCUT2D eigenvalue weighted by Gasteiger charge is 2.11. The topological polar surface area (TPSA) is 38.8 Å². The molecule has 0 N–H and O–H groups in total. The molecule has 0 saturated carbocycles. The summed E-state index contributed by atoms with van der Waals surface area (Å²) in [5.41, 5.74) is 0.709. The first kappa shape index (κ1) is 17.0. The number of likely N-dealkylation sites (N-methyl/N-ethyl adjacent to an activating group) is 1. The molecule has 2 aromatic rings. The second-order valence-electron chi connectivity index (χ2n) is 4.70. The summed E-state index contributed by atoms with van der Waals surface area (Å²) in [4.78, 5) is 14.9. The van der Waals surface area contributed by atoms with Crippen molar-refractivity contribution in [1.29, 1.82) is 0 Å². The highest BCUT2D eigenvalue weighted by Crippen LogP contribution is 2.28. The van der Waals surface area contributed by atoms with Crippen molar-refractivity contribution in [3.05, 3.63) is 60.0 Å². The van der Waals surface area contributed by atoms with Gasteiger partial charge in [-0.1, -0.05) is 30.0 Å². The predicted octanol–water partition coefficient (Wildman–Crippen LogP) is 3.97. The molecule has 0 spiro atoms. The van der Waals surface area contributed by atoms with E-state index in [1.165, 1.54) is 11.8 Å². The third-order valence-electron chi connectivity index (χ3n) is 3.21. The lowest BCUT2D eigenvalue weighted by Gasteiger charge is -2.17. The van der Waals surface area contributed by atoms with E-state index in [0.29, 0.717) is 17.2 Å². The van der Waals surface area contributed by atoms with Crippen LogP contribution in [-0.2, 0) is 4.79 Å². The zero-order chi connectivity index (χ0) is 16.7. The summed E-state index contributed by atoms with van der Waals surface area (Å²) < 4.78 is 10.5. The van der Waals surface area contributed by atoms with Crippen LogP contribution in [0.15, 0.2) is 64.9 Å². The molecule has 2 rings (SSSR count). The van der Waals surface area contributed by atoms with E-state index in [2.05, 4.69) is 0 Å². The normalized spacial score (nSPS) is 10.6. The van der Waals surface area contributed by atoms with Crippen molar-refractivity contribution >= 4 is 23.4 Å². The van der Waals surface area contributed by atoms with Crippen molar-refractivity contribution in [3.8, 4) is 11.5 Å². The Morgan fingerprint density at radius 1 is 1.04 bits per heavy atom. The summed E-state index contributed by atoms with van der Waals surface area (Å²) in [7, 11) is 4.88. The summed E-state index contributed by atoms with van der Waals surface area (Å²) in [6.45, 7) is 0. The van der Waals surface area contributed by atoms with Crippen molar-refractivity contribution in [2.24, 2.45) is 0 Å². The van der Waals surface area contributed by atoms with Crippen LogP contribution in [0.4, 0.5) is 5.69 Å². The Hall–Kier alpha value is -2.40. The second-order valence-corrected chi connectivity index (χ2v) is 5.68. The lowest BCUT2D eigenvalue weighted by Crippen LogP contribution is -2.23. The molecule has 1 amide bonds. The molecule has 0 aliphatic carbocycles. The van der Waals surface area contributed by atoms with Crippen LogP contribution in [0.25, 0.3) is 0 Å². The highest BCUT2D eigenvalue weighted by molar-refractivity contribution is 8.02. The standard InChI is InChI=1S/C18H19NO3S/c1-19(14-11-15(21-2)13-16(12-14)22-3)18(20)9-10-23-17-7-5-4-6-8-17/h4-13H,1-3H3/b10-9+. The monoisotopic (exact) mass is 329 g/mol. The molecule has 0 saturated heterocycles. The lowest BCUT2D eigenvalue weighted by atomic mass is 10.2. The predicted molar refractivity (Wildman–Crippen MR) is 94.4 cm³/mol. The van der Waals surface area contributed by atoms with Gasteiger partial charge in [0.25, 0.3) is 5.91 Å². The number of hydrogen-bond acceptors (Lipinski definition) is 4. The van der Waals surface area contributed by atoms with Crippen molar-refractivity contribution in [2.45, 2.75) is 4.90 Å². The fourth-order valence-electron chi connectivity index (χ4n) is 1.89. The van der Waals surface area contributed by atoms with Gasteiger partial charge in [-0.15, -0.1) is 0 Å². The summed E-state index contributed by atoms with van der Waals surface area (Å²) in [5, 5.41) is 1.78. The Morgan fingerprint density at radius 2 is 1.65 bits per heavy atom. The maximum Gasteiger partial charge on any atom is 0.251 e. The molecule has 0 radical (unpaired) electrons. The van der Waals surface area contributed by atoms with Gasteiger partial charge in [0, 0.05) is 36.2 Å². The van der Waals surface area contributed by atoms with Gasteiger partial charge in [-0.2, -0.15) is 0 Å². The molecule has 4 nitrogen and oxygen atoms in total. The molecule has 0 aliphatic heterocycles. The Labute approximate surface area is 140 Å². The molecule has 0 aromatic heterocycles. The molecular formula is C18H19NO3S. The van der Waals surface area contributed by atoms with Crippen LogP contribution in [-0.4, -0.2) is 27.2 Å². The third-order valence-corrected chi connectivity index (χ3v) is 4.03. The molecule has 0 atom stereocenters. The minimum Gasteiger partial charge on any atom is -0.497 e. The van der Waals surface area contributed by atoms with Gasteiger partial charge in [0.2, 0.25) is 0 Å². The SMILES string of the molecule is COc1cc(OC)cc(N(C)C(=O)/C=C/Sc2ccccc2)c1. The molecule has 120 valence electrons. The number of carbonyl (C=O) groups excluding carboxylic acids is 1. The van der Waals surface area contributed by atoms with E-state index in [0.717, 1.165) is 4.90 Å². The van der Waals surface area contributed by atoms with Crippen molar-refractivity contribution < 1.29 is 14.3 Å². The number of nitrogens with zero attached hydrogens (tertiary/aromatic N) is 1. The van der Waals surface area contributed by atoms with Crippen LogP contribution >= 0.6 is 11.8 Å². The first-order valence-electron chi connectivity index (χ1n) is 7.03. The average molecular weight is 329 g/mol.